The van der Waals surface area contributed by atoms with Crippen molar-refractivity contribution in [3.8, 4) is 5.75 Å². The molecule has 1 fully saturated rings. The highest BCUT2D eigenvalue weighted by molar-refractivity contribution is 7.99. The summed E-state index contributed by atoms with van der Waals surface area (Å²) < 4.78 is 18.5. The minimum Gasteiger partial charge on any atom is -0.506 e. The van der Waals surface area contributed by atoms with E-state index < -0.39 is 5.82 Å². The zero-order chi connectivity index (χ0) is 13.6. The Hall–Kier alpha value is -1.47. The van der Waals surface area contributed by atoms with Crippen LogP contribution in [0.3, 0.4) is 0 Å². The van der Waals surface area contributed by atoms with Gasteiger partial charge in [-0.25, -0.2) is 4.39 Å². The fourth-order valence-corrected chi connectivity index (χ4v) is 3.34. The van der Waals surface area contributed by atoms with E-state index in [9.17, 15) is 14.3 Å². The highest BCUT2D eigenvalue weighted by Gasteiger charge is 2.32. The van der Waals surface area contributed by atoms with Crippen LogP contribution in [0.5, 0.6) is 5.75 Å². The number of hydrogen-bond donors (Lipinski definition) is 3. The normalized spacial score (nSPS) is 21.7. The summed E-state index contributed by atoms with van der Waals surface area (Å²) >= 11 is 0.993. The summed E-state index contributed by atoms with van der Waals surface area (Å²) in [5.74, 6) is -0.540. The number of carbonyl (C=O) groups excluding carboxylic acids is 1. The van der Waals surface area contributed by atoms with Gasteiger partial charge in [0.25, 0.3) is 5.91 Å². The van der Waals surface area contributed by atoms with Gasteiger partial charge in [-0.2, -0.15) is 0 Å². The average Bonchev–Trinajstić information content (AvgIpc) is 2.95. The van der Waals surface area contributed by atoms with Crippen LogP contribution < -0.4 is 14.8 Å². The number of fused-ring (bicyclic) bond motifs is 1. The van der Waals surface area contributed by atoms with E-state index in [2.05, 4.69) is 4.72 Å². The lowest BCUT2D eigenvalue weighted by Crippen LogP contribution is -2.17. The molecule has 1 aromatic rings. The number of carbonyl (C=O) groups is 1. The van der Waals surface area contributed by atoms with Gasteiger partial charge < -0.3 is 10.8 Å². The van der Waals surface area contributed by atoms with E-state index in [-0.39, 0.29) is 29.8 Å². The number of rotatable bonds is 2. The zero-order valence-electron chi connectivity index (χ0n) is 10.1. The Morgan fingerprint density at radius 3 is 3.00 bits per heavy atom. The Bertz CT molecular complexity index is 552. The lowest BCUT2D eigenvalue weighted by molar-refractivity contribution is -0.117. The molecule has 1 aromatic carbocycles. The summed E-state index contributed by atoms with van der Waals surface area (Å²) in [5, 5.41) is 10.00. The first-order chi connectivity index (χ1) is 9.10. The highest BCUT2D eigenvalue weighted by Crippen LogP contribution is 2.42. The van der Waals surface area contributed by atoms with E-state index in [0.29, 0.717) is 24.9 Å². The molecular formula is C12H14FN3O2S. The molecule has 3 rings (SSSR count). The first-order valence-corrected chi connectivity index (χ1v) is 6.84. The van der Waals surface area contributed by atoms with E-state index in [0.717, 1.165) is 17.7 Å². The lowest BCUT2D eigenvalue weighted by Gasteiger charge is -2.18. The van der Waals surface area contributed by atoms with Crippen LogP contribution in [0.4, 0.5) is 10.1 Å². The zero-order valence-corrected chi connectivity index (χ0v) is 11.0. The number of hydrogen-bond acceptors (Lipinski definition) is 5. The Labute approximate surface area is 114 Å². The molecule has 2 aliphatic rings. The number of phenolic OH excluding ortho intramolecular Hbond substituents is 1. The van der Waals surface area contributed by atoms with Crippen LogP contribution in [0.1, 0.15) is 11.1 Å². The number of anilines is 1. The number of halogens is 1. The molecule has 1 aliphatic heterocycles. The van der Waals surface area contributed by atoms with Crippen molar-refractivity contribution in [3.63, 3.8) is 0 Å². The quantitative estimate of drug-likeness (QED) is 0.697. The van der Waals surface area contributed by atoms with Crippen molar-refractivity contribution in [2.45, 2.75) is 12.8 Å². The summed E-state index contributed by atoms with van der Waals surface area (Å²) in [6, 6.07) is 1.59. The van der Waals surface area contributed by atoms with E-state index in [1.807, 2.05) is 0 Å². The molecular weight excluding hydrogens is 269 g/mol. The Morgan fingerprint density at radius 1 is 1.58 bits per heavy atom. The van der Waals surface area contributed by atoms with Crippen LogP contribution in [0.25, 0.3) is 0 Å². The largest absolute Gasteiger partial charge is 0.506 e. The topological polar surface area (TPSA) is 78.6 Å². The maximum atomic E-state index is 14.5. The monoisotopic (exact) mass is 283 g/mol. The second kappa shape index (κ2) is 4.57. The first-order valence-electron chi connectivity index (χ1n) is 6.06. The molecule has 19 heavy (non-hydrogen) atoms. The number of phenols is 1. The minimum atomic E-state index is -0.435. The maximum absolute atomic E-state index is 14.5. The van der Waals surface area contributed by atoms with Crippen molar-refractivity contribution in [1.29, 1.82) is 0 Å². The third kappa shape index (κ3) is 2.02. The molecule has 1 amide bonds. The lowest BCUT2D eigenvalue weighted by atomic mass is 10.1. The fraction of sp³-hybridized carbons (Fsp3) is 0.417. The van der Waals surface area contributed by atoms with Gasteiger partial charge in [0.15, 0.2) is 5.82 Å². The van der Waals surface area contributed by atoms with E-state index >= 15 is 0 Å². The van der Waals surface area contributed by atoms with Gasteiger partial charge in [0.05, 0.1) is 12.1 Å². The summed E-state index contributed by atoms with van der Waals surface area (Å²) in [4.78, 5) is 11.2. The van der Waals surface area contributed by atoms with Crippen LogP contribution >= 0.6 is 12.1 Å². The number of benzene rings is 1. The molecule has 0 saturated carbocycles. The summed E-state index contributed by atoms with van der Waals surface area (Å²) in [5.41, 5.74) is 7.14. The number of nitrogens with two attached hydrogens (primary N) is 1. The third-order valence-corrected chi connectivity index (χ3v) is 4.41. The van der Waals surface area contributed by atoms with Crippen LogP contribution in [-0.2, 0) is 17.6 Å². The van der Waals surface area contributed by atoms with Crippen molar-refractivity contribution in [2.24, 2.45) is 11.7 Å². The average molecular weight is 283 g/mol. The second-order valence-electron chi connectivity index (χ2n) is 4.86. The van der Waals surface area contributed by atoms with Gasteiger partial charge in [-0.15, -0.1) is 0 Å². The molecule has 1 saturated heterocycles. The molecule has 7 heteroatoms. The molecule has 102 valence electrons. The number of nitrogens with zero attached hydrogens (tertiary/aromatic N) is 1. The van der Waals surface area contributed by atoms with Crippen molar-refractivity contribution >= 4 is 23.7 Å². The molecule has 1 unspecified atom stereocenters. The predicted octanol–water partition coefficient (Wildman–Crippen LogP) is 0.704. The van der Waals surface area contributed by atoms with Crippen LogP contribution in [0.15, 0.2) is 6.07 Å². The van der Waals surface area contributed by atoms with Gasteiger partial charge in [0, 0.05) is 0 Å². The SMILES string of the molecule is NCC1Cc2cc(O)c(N3CC(=O)NS3)c(F)c2C1. The van der Waals surface area contributed by atoms with Crippen LogP contribution in [-0.4, -0.2) is 24.1 Å². The summed E-state index contributed by atoms with van der Waals surface area (Å²) in [7, 11) is 0. The Morgan fingerprint density at radius 2 is 2.37 bits per heavy atom. The van der Waals surface area contributed by atoms with Crippen LogP contribution in [0, 0.1) is 11.7 Å². The molecule has 0 aromatic heterocycles. The number of amides is 1. The molecule has 0 bridgehead atoms. The van der Waals surface area contributed by atoms with Crippen molar-refractivity contribution < 1.29 is 14.3 Å². The number of aromatic hydroxyl groups is 1. The van der Waals surface area contributed by atoms with E-state index in [1.54, 1.807) is 6.07 Å². The van der Waals surface area contributed by atoms with Gasteiger partial charge >= 0.3 is 0 Å². The van der Waals surface area contributed by atoms with Gasteiger partial charge in [-0.05, 0) is 42.5 Å². The Kier molecular flexibility index (Phi) is 3.02. The highest BCUT2D eigenvalue weighted by atomic mass is 32.2. The Balaban J connectivity index is 2.01. The summed E-state index contributed by atoms with van der Waals surface area (Å²) in [6.45, 7) is 0.539. The van der Waals surface area contributed by atoms with E-state index in [4.69, 9.17) is 5.73 Å². The first kappa shape index (κ1) is 12.6. The molecule has 4 N–H and O–H groups in total. The minimum absolute atomic E-state index is 0.0360. The van der Waals surface area contributed by atoms with Gasteiger partial charge in [0.2, 0.25) is 0 Å². The standard InChI is InChI=1S/C12H14FN3O2S/c13-11-8-2-6(4-14)1-7(8)3-9(17)12(11)16-5-10(18)15-19-16/h3,6,17H,1-2,4-5,14H2,(H,15,18). The number of nitrogens with one attached hydrogen (secondary N) is 1. The second-order valence-corrected chi connectivity index (χ2v) is 5.69. The molecule has 0 radical (unpaired) electrons. The van der Waals surface area contributed by atoms with Crippen molar-refractivity contribution in [3.05, 3.63) is 23.0 Å². The maximum Gasteiger partial charge on any atom is 0.251 e. The van der Waals surface area contributed by atoms with Gasteiger partial charge in [-0.1, -0.05) is 0 Å². The molecule has 1 heterocycles. The predicted molar refractivity (Wildman–Crippen MR) is 71.1 cm³/mol. The molecule has 1 atom stereocenters. The van der Waals surface area contributed by atoms with Gasteiger partial charge in [0.1, 0.15) is 18.0 Å². The summed E-state index contributed by atoms with van der Waals surface area (Å²) in [6.07, 6.45) is 1.28. The van der Waals surface area contributed by atoms with Crippen LogP contribution in [0.2, 0.25) is 0 Å². The molecule has 0 spiro atoms. The fourth-order valence-electron chi connectivity index (χ4n) is 2.62. The van der Waals surface area contributed by atoms with Crippen molar-refractivity contribution in [2.75, 3.05) is 17.4 Å². The van der Waals surface area contributed by atoms with E-state index in [1.165, 1.54) is 4.31 Å². The smallest absolute Gasteiger partial charge is 0.251 e. The molecule has 1 aliphatic carbocycles. The third-order valence-electron chi connectivity index (χ3n) is 3.56. The van der Waals surface area contributed by atoms with Gasteiger partial charge in [-0.3, -0.25) is 13.8 Å². The van der Waals surface area contributed by atoms with Crippen molar-refractivity contribution in [1.82, 2.24) is 4.72 Å². The molecule has 5 nitrogen and oxygen atoms in total.